The molecule has 9 heteroatoms. The summed E-state index contributed by atoms with van der Waals surface area (Å²) in [5.41, 5.74) is 0.920. The molecule has 3 N–H and O–H groups in total. The summed E-state index contributed by atoms with van der Waals surface area (Å²) in [5.74, 6) is 1.29. The Balaban J connectivity index is 1.54. The van der Waals surface area contributed by atoms with Gasteiger partial charge in [-0.05, 0) is 56.1 Å². The molecule has 2 amide bonds. The molecule has 1 atom stereocenters. The normalized spacial score (nSPS) is 16.3. The van der Waals surface area contributed by atoms with Crippen molar-refractivity contribution in [2.45, 2.75) is 31.8 Å². The molecule has 2 heterocycles. The van der Waals surface area contributed by atoms with Gasteiger partial charge in [0, 0.05) is 30.1 Å². The lowest BCUT2D eigenvalue weighted by Crippen LogP contribution is -2.46. The largest absolute Gasteiger partial charge is 0.465 e. The smallest absolute Gasteiger partial charge is 0.404 e. The number of oxazole rings is 1. The maximum atomic E-state index is 11.7. The highest BCUT2D eigenvalue weighted by Crippen LogP contribution is 2.26. The lowest BCUT2D eigenvalue weighted by molar-refractivity contribution is -0.121. The molecule has 29 heavy (non-hydrogen) atoms. The van der Waals surface area contributed by atoms with Gasteiger partial charge in [0.25, 0.3) is 0 Å². The molecular formula is C20H25ClN4O4. The zero-order valence-electron chi connectivity index (χ0n) is 16.2. The highest BCUT2D eigenvalue weighted by Gasteiger charge is 2.29. The van der Waals surface area contributed by atoms with Gasteiger partial charge in [0.05, 0.1) is 12.7 Å². The molecule has 1 aromatic heterocycles. The van der Waals surface area contributed by atoms with Gasteiger partial charge in [-0.1, -0.05) is 11.6 Å². The summed E-state index contributed by atoms with van der Waals surface area (Å²) >= 11 is 5.92. The number of nitrogens with one attached hydrogen (secondary N) is 2. The van der Waals surface area contributed by atoms with Crippen molar-refractivity contribution in [1.29, 1.82) is 0 Å². The third-order valence-corrected chi connectivity index (χ3v) is 5.49. The summed E-state index contributed by atoms with van der Waals surface area (Å²) in [6, 6.07) is 7.02. The van der Waals surface area contributed by atoms with Crippen molar-refractivity contribution in [2.75, 3.05) is 20.1 Å². The number of hydrogen-bond acceptors (Lipinski definition) is 5. The van der Waals surface area contributed by atoms with Crippen LogP contribution in [0.4, 0.5) is 4.79 Å². The number of nitrogens with zero attached hydrogens (tertiary/aromatic N) is 2. The van der Waals surface area contributed by atoms with Crippen molar-refractivity contribution in [3.05, 3.63) is 41.4 Å². The number of carbonyl (C=O) groups excluding carboxylic acids is 1. The fourth-order valence-electron chi connectivity index (χ4n) is 3.63. The molecule has 0 radical (unpaired) electrons. The molecule has 156 valence electrons. The molecule has 1 unspecified atom stereocenters. The number of amides is 2. The summed E-state index contributed by atoms with van der Waals surface area (Å²) < 4.78 is 5.87. The Morgan fingerprint density at radius 1 is 1.31 bits per heavy atom. The van der Waals surface area contributed by atoms with Crippen molar-refractivity contribution >= 4 is 23.6 Å². The average Bonchev–Trinajstić information content (AvgIpc) is 3.16. The van der Waals surface area contributed by atoms with Crippen LogP contribution < -0.4 is 10.6 Å². The minimum absolute atomic E-state index is 0.119. The number of halogens is 1. The van der Waals surface area contributed by atoms with E-state index in [2.05, 4.69) is 20.5 Å². The van der Waals surface area contributed by atoms with E-state index in [0.29, 0.717) is 23.2 Å². The van der Waals surface area contributed by atoms with Crippen LogP contribution in [0.5, 0.6) is 0 Å². The van der Waals surface area contributed by atoms with E-state index >= 15 is 0 Å². The van der Waals surface area contributed by atoms with Gasteiger partial charge in [-0.2, -0.15) is 0 Å². The molecule has 0 spiro atoms. The van der Waals surface area contributed by atoms with E-state index in [0.717, 1.165) is 31.5 Å². The highest BCUT2D eigenvalue weighted by molar-refractivity contribution is 6.30. The zero-order valence-corrected chi connectivity index (χ0v) is 17.0. The van der Waals surface area contributed by atoms with E-state index in [1.165, 1.54) is 0 Å². The molecule has 2 aromatic rings. The Labute approximate surface area is 174 Å². The topological polar surface area (TPSA) is 108 Å². The number of benzene rings is 1. The lowest BCUT2D eigenvalue weighted by Gasteiger charge is -2.35. The molecule has 3 rings (SSSR count). The Kier molecular flexibility index (Phi) is 7.11. The van der Waals surface area contributed by atoms with Gasteiger partial charge in [-0.15, -0.1) is 0 Å². The minimum atomic E-state index is -1.10. The molecule has 1 saturated heterocycles. The van der Waals surface area contributed by atoms with Crippen molar-refractivity contribution in [1.82, 2.24) is 20.5 Å². The van der Waals surface area contributed by atoms with Gasteiger partial charge in [-0.25, -0.2) is 9.78 Å². The van der Waals surface area contributed by atoms with E-state index in [4.69, 9.17) is 21.1 Å². The van der Waals surface area contributed by atoms with E-state index in [1.807, 2.05) is 24.3 Å². The first-order chi connectivity index (χ1) is 13.9. The Morgan fingerprint density at radius 3 is 2.62 bits per heavy atom. The lowest BCUT2D eigenvalue weighted by atomic mass is 9.87. The van der Waals surface area contributed by atoms with Gasteiger partial charge < -0.3 is 20.2 Å². The third-order valence-electron chi connectivity index (χ3n) is 5.24. The predicted octanol–water partition coefficient (Wildman–Crippen LogP) is 2.98. The minimum Gasteiger partial charge on any atom is -0.465 e. The Hall–Kier alpha value is -2.58. The van der Waals surface area contributed by atoms with Crippen LogP contribution >= 0.6 is 11.6 Å². The van der Waals surface area contributed by atoms with Crippen LogP contribution in [0, 0.1) is 5.92 Å². The van der Waals surface area contributed by atoms with Gasteiger partial charge >= 0.3 is 6.09 Å². The van der Waals surface area contributed by atoms with Gasteiger partial charge in [-0.3, -0.25) is 9.69 Å². The molecule has 1 aliphatic rings. The highest BCUT2D eigenvalue weighted by atomic mass is 35.5. The first-order valence-electron chi connectivity index (χ1n) is 9.57. The van der Waals surface area contributed by atoms with Crippen LogP contribution in [0.2, 0.25) is 5.02 Å². The number of aromatic nitrogens is 1. The summed E-state index contributed by atoms with van der Waals surface area (Å²) in [4.78, 5) is 29.4. The van der Waals surface area contributed by atoms with Gasteiger partial charge in [0.2, 0.25) is 11.8 Å². The Morgan fingerprint density at radius 2 is 2.00 bits per heavy atom. The van der Waals surface area contributed by atoms with Crippen molar-refractivity contribution in [2.24, 2.45) is 5.92 Å². The molecule has 1 fully saturated rings. The molecular weight excluding hydrogens is 396 g/mol. The first-order valence-corrected chi connectivity index (χ1v) is 9.95. The summed E-state index contributed by atoms with van der Waals surface area (Å²) in [5, 5.41) is 14.8. The van der Waals surface area contributed by atoms with Gasteiger partial charge in [0.15, 0.2) is 5.76 Å². The zero-order chi connectivity index (χ0) is 20.8. The van der Waals surface area contributed by atoms with E-state index in [9.17, 15) is 9.59 Å². The van der Waals surface area contributed by atoms with Gasteiger partial charge in [0.1, 0.15) is 0 Å². The van der Waals surface area contributed by atoms with E-state index in [-0.39, 0.29) is 24.3 Å². The monoisotopic (exact) mass is 420 g/mol. The number of carboxylic acid groups (broad SMARTS) is 1. The van der Waals surface area contributed by atoms with Crippen molar-refractivity contribution < 1.29 is 19.1 Å². The van der Waals surface area contributed by atoms with Crippen LogP contribution in [0.3, 0.4) is 0 Å². The summed E-state index contributed by atoms with van der Waals surface area (Å²) in [6.07, 6.45) is 2.36. The number of piperidine rings is 1. The average molecular weight is 421 g/mol. The summed E-state index contributed by atoms with van der Waals surface area (Å²) in [7, 11) is 1.55. The molecule has 0 saturated carbocycles. The maximum Gasteiger partial charge on any atom is 0.404 e. The molecule has 0 bridgehead atoms. The fourth-order valence-corrected chi connectivity index (χ4v) is 3.76. The molecule has 8 nitrogen and oxygen atoms in total. The van der Waals surface area contributed by atoms with Crippen molar-refractivity contribution in [3.63, 3.8) is 0 Å². The van der Waals surface area contributed by atoms with Crippen LogP contribution in [0.15, 0.2) is 34.9 Å². The van der Waals surface area contributed by atoms with E-state index < -0.39 is 6.09 Å². The van der Waals surface area contributed by atoms with Crippen LogP contribution in [-0.2, 0) is 11.3 Å². The number of likely N-dealkylation sites (tertiary alicyclic amines) is 1. The molecule has 1 aliphatic heterocycles. The number of carbonyl (C=O) groups is 2. The summed E-state index contributed by atoms with van der Waals surface area (Å²) in [6.45, 7) is 2.16. The standard InChI is InChI=1S/C20H25ClN4O4/c1-22-18(26)10-16(24-20(27)28)13-6-8-25(9-7-13)12-19-23-11-17(29-19)14-2-4-15(21)5-3-14/h2-5,11,13,16,24H,6-10,12H2,1H3,(H,22,26)(H,27,28). The molecule has 0 aliphatic carbocycles. The second-order valence-electron chi connectivity index (χ2n) is 7.17. The van der Waals surface area contributed by atoms with Crippen molar-refractivity contribution in [3.8, 4) is 11.3 Å². The Bertz CT molecular complexity index is 831. The first kappa shape index (κ1) is 21.1. The SMILES string of the molecule is CNC(=O)CC(NC(=O)O)C1CCN(Cc2ncc(-c3ccc(Cl)cc3)o2)CC1. The predicted molar refractivity (Wildman–Crippen MR) is 109 cm³/mol. The quantitative estimate of drug-likeness (QED) is 0.635. The fraction of sp³-hybridized carbons (Fsp3) is 0.450. The van der Waals surface area contributed by atoms with E-state index in [1.54, 1.807) is 13.2 Å². The second kappa shape index (κ2) is 9.76. The van der Waals surface area contributed by atoms with Crippen LogP contribution in [-0.4, -0.2) is 53.2 Å². The molecule has 1 aromatic carbocycles. The maximum absolute atomic E-state index is 11.7. The van der Waals surface area contributed by atoms with Crippen LogP contribution in [0.1, 0.15) is 25.2 Å². The second-order valence-corrected chi connectivity index (χ2v) is 7.61. The van der Waals surface area contributed by atoms with Crippen LogP contribution in [0.25, 0.3) is 11.3 Å². The number of rotatable bonds is 7. The number of hydrogen-bond donors (Lipinski definition) is 3. The third kappa shape index (κ3) is 5.95.